The summed E-state index contributed by atoms with van der Waals surface area (Å²) < 4.78 is 5.73. The van der Waals surface area contributed by atoms with Gasteiger partial charge in [0.1, 0.15) is 18.7 Å². The van der Waals surface area contributed by atoms with Crippen molar-refractivity contribution < 1.29 is 14.3 Å². The van der Waals surface area contributed by atoms with Crippen LogP contribution in [0.2, 0.25) is 0 Å². The van der Waals surface area contributed by atoms with Crippen LogP contribution in [0.1, 0.15) is 24.8 Å². The maximum absolute atomic E-state index is 12.9. The van der Waals surface area contributed by atoms with Crippen LogP contribution in [0, 0.1) is 0 Å². The molecular weight excluding hydrogens is 382 g/mol. The van der Waals surface area contributed by atoms with E-state index < -0.39 is 12.1 Å². The number of benzene rings is 1. The fourth-order valence-electron chi connectivity index (χ4n) is 4.54. The summed E-state index contributed by atoms with van der Waals surface area (Å²) in [5.41, 5.74) is 7.85. The van der Waals surface area contributed by atoms with Crippen molar-refractivity contribution in [1.29, 1.82) is 0 Å². The number of nitrogens with one attached hydrogen (secondary N) is 3. The smallest absolute Gasteiger partial charge is 0.254 e. The summed E-state index contributed by atoms with van der Waals surface area (Å²) in [6.07, 6.45) is 4.49. The molecule has 3 aliphatic rings. The van der Waals surface area contributed by atoms with Gasteiger partial charge in [0.15, 0.2) is 11.6 Å². The Morgan fingerprint density at radius 2 is 2.00 bits per heavy atom. The first-order valence-electron chi connectivity index (χ1n) is 10.3. The van der Waals surface area contributed by atoms with Crippen LogP contribution in [0.3, 0.4) is 0 Å². The van der Waals surface area contributed by atoms with E-state index in [4.69, 9.17) is 4.74 Å². The zero-order valence-corrected chi connectivity index (χ0v) is 16.8. The first-order valence-corrected chi connectivity index (χ1v) is 10.3. The van der Waals surface area contributed by atoms with Gasteiger partial charge in [-0.15, -0.1) is 0 Å². The molecule has 156 valence electrons. The third-order valence-corrected chi connectivity index (χ3v) is 6.44. The van der Waals surface area contributed by atoms with Crippen molar-refractivity contribution in [1.82, 2.24) is 21.2 Å². The molecule has 1 saturated carbocycles. The number of carbonyl (C=O) groups is 2. The van der Waals surface area contributed by atoms with Crippen molar-refractivity contribution in [2.75, 3.05) is 18.6 Å². The van der Waals surface area contributed by atoms with Crippen molar-refractivity contribution in [3.63, 3.8) is 0 Å². The second-order valence-corrected chi connectivity index (χ2v) is 8.25. The molecule has 5 rings (SSSR count). The maximum atomic E-state index is 12.9. The molecule has 3 N–H and O–H groups in total. The molecule has 3 atom stereocenters. The number of hydrogen-bond donors (Lipinski definition) is 3. The average Bonchev–Trinajstić information content (AvgIpc) is 3.47. The SMILES string of the molecule is CN1C(=O)[C@@H](NC(=O)C2CC(C3(c4ccccc4)CC3)NN2)COc2cccnc21. The Morgan fingerprint density at radius 3 is 2.77 bits per heavy atom. The molecule has 3 heterocycles. The summed E-state index contributed by atoms with van der Waals surface area (Å²) in [7, 11) is 1.64. The minimum absolute atomic E-state index is 0.0745. The topological polar surface area (TPSA) is 95.6 Å². The Labute approximate surface area is 175 Å². The lowest BCUT2D eigenvalue weighted by molar-refractivity contribution is -0.129. The van der Waals surface area contributed by atoms with Crippen molar-refractivity contribution in [2.24, 2.45) is 0 Å². The molecule has 0 spiro atoms. The van der Waals surface area contributed by atoms with Gasteiger partial charge in [-0.25, -0.2) is 10.4 Å². The van der Waals surface area contributed by atoms with Crippen molar-refractivity contribution >= 4 is 17.6 Å². The number of carbonyl (C=O) groups excluding carboxylic acids is 2. The molecule has 2 amide bonds. The fraction of sp³-hybridized carbons (Fsp3) is 0.409. The van der Waals surface area contributed by atoms with E-state index in [1.807, 2.05) is 6.07 Å². The van der Waals surface area contributed by atoms with Crippen LogP contribution in [0.4, 0.5) is 5.82 Å². The van der Waals surface area contributed by atoms with Gasteiger partial charge >= 0.3 is 0 Å². The third kappa shape index (κ3) is 3.22. The van der Waals surface area contributed by atoms with Gasteiger partial charge in [-0.3, -0.25) is 19.9 Å². The highest BCUT2D eigenvalue weighted by atomic mass is 16.5. The minimum atomic E-state index is -0.762. The van der Waals surface area contributed by atoms with Gasteiger partial charge in [0.05, 0.1) is 0 Å². The van der Waals surface area contributed by atoms with E-state index in [0.717, 1.165) is 12.8 Å². The van der Waals surface area contributed by atoms with E-state index in [9.17, 15) is 9.59 Å². The molecule has 1 aromatic carbocycles. The Kier molecular flexibility index (Phi) is 4.67. The Morgan fingerprint density at radius 1 is 1.20 bits per heavy atom. The summed E-state index contributed by atoms with van der Waals surface area (Å²) in [4.78, 5) is 31.4. The molecule has 8 nitrogen and oxygen atoms in total. The van der Waals surface area contributed by atoms with Gasteiger partial charge in [-0.05, 0) is 37.0 Å². The van der Waals surface area contributed by atoms with E-state index in [-0.39, 0.29) is 29.9 Å². The zero-order chi connectivity index (χ0) is 20.7. The monoisotopic (exact) mass is 407 g/mol. The van der Waals surface area contributed by atoms with Crippen LogP contribution < -0.4 is 25.8 Å². The highest BCUT2D eigenvalue weighted by molar-refractivity contribution is 6.00. The first-order chi connectivity index (χ1) is 14.6. The van der Waals surface area contributed by atoms with Crippen molar-refractivity contribution in [2.45, 2.75) is 42.8 Å². The van der Waals surface area contributed by atoms with Crippen LogP contribution in [-0.2, 0) is 15.0 Å². The first kappa shape index (κ1) is 19.0. The second-order valence-electron chi connectivity index (χ2n) is 8.25. The molecule has 2 fully saturated rings. The third-order valence-electron chi connectivity index (χ3n) is 6.44. The molecule has 2 aliphatic heterocycles. The molecule has 2 unspecified atom stereocenters. The lowest BCUT2D eigenvalue weighted by Crippen LogP contribution is -2.54. The number of nitrogens with zero attached hydrogens (tertiary/aromatic N) is 2. The number of amides is 2. The number of fused-ring (bicyclic) bond motifs is 1. The Hall–Kier alpha value is -2.97. The number of rotatable bonds is 4. The number of aromatic nitrogens is 1. The van der Waals surface area contributed by atoms with Gasteiger partial charge in [0.25, 0.3) is 5.91 Å². The lowest BCUT2D eigenvalue weighted by Gasteiger charge is -2.23. The van der Waals surface area contributed by atoms with E-state index in [1.54, 1.807) is 25.4 Å². The molecule has 1 aliphatic carbocycles. The Bertz CT molecular complexity index is 962. The average molecular weight is 407 g/mol. The fourth-order valence-corrected chi connectivity index (χ4v) is 4.54. The lowest BCUT2D eigenvalue weighted by atomic mass is 9.86. The normalized spacial score (nSPS) is 27.0. The van der Waals surface area contributed by atoms with E-state index in [2.05, 4.69) is 45.4 Å². The molecule has 2 aromatic rings. The van der Waals surface area contributed by atoms with Crippen LogP contribution in [-0.4, -0.2) is 48.6 Å². The molecule has 30 heavy (non-hydrogen) atoms. The summed E-state index contributed by atoms with van der Waals surface area (Å²) in [5, 5.41) is 2.86. The maximum Gasteiger partial charge on any atom is 0.254 e. The molecule has 1 saturated heterocycles. The van der Waals surface area contributed by atoms with Crippen LogP contribution in [0.15, 0.2) is 48.7 Å². The predicted octanol–water partition coefficient (Wildman–Crippen LogP) is 0.889. The number of hydrogen-bond acceptors (Lipinski definition) is 6. The van der Waals surface area contributed by atoms with Crippen molar-refractivity contribution in [3.05, 3.63) is 54.2 Å². The van der Waals surface area contributed by atoms with Crippen LogP contribution >= 0.6 is 0 Å². The van der Waals surface area contributed by atoms with Gasteiger partial charge in [0, 0.05) is 24.7 Å². The van der Waals surface area contributed by atoms with Gasteiger partial charge in [-0.1, -0.05) is 30.3 Å². The Balaban J connectivity index is 1.24. The van der Waals surface area contributed by atoms with E-state index in [1.165, 1.54) is 10.5 Å². The number of ether oxygens (including phenoxy) is 1. The highest BCUT2D eigenvalue weighted by Crippen LogP contribution is 2.52. The van der Waals surface area contributed by atoms with Crippen LogP contribution in [0.25, 0.3) is 0 Å². The van der Waals surface area contributed by atoms with Crippen molar-refractivity contribution in [3.8, 4) is 5.75 Å². The van der Waals surface area contributed by atoms with Gasteiger partial charge in [0.2, 0.25) is 5.91 Å². The summed E-state index contributed by atoms with van der Waals surface area (Å²) in [5.74, 6) is 0.539. The van der Waals surface area contributed by atoms with Crippen LogP contribution in [0.5, 0.6) is 5.75 Å². The molecule has 1 aromatic heterocycles. The second kappa shape index (κ2) is 7.37. The predicted molar refractivity (Wildman–Crippen MR) is 111 cm³/mol. The molecule has 0 radical (unpaired) electrons. The number of anilines is 1. The standard InChI is InChI=1S/C22H25N5O3/c1-27-19-17(8-5-11-23-19)30-13-16(21(27)29)24-20(28)15-12-18(26-25-15)22(9-10-22)14-6-3-2-4-7-14/h2-8,11,15-16,18,25-26H,9-10,12-13H2,1H3,(H,24,28)/t15?,16-,18?/m0/s1. The number of hydrazine groups is 1. The summed E-state index contributed by atoms with van der Waals surface area (Å²) >= 11 is 0. The molecular formula is C22H25N5O3. The summed E-state index contributed by atoms with van der Waals surface area (Å²) in [6.45, 7) is 0.0745. The largest absolute Gasteiger partial charge is 0.487 e. The molecule has 8 heteroatoms. The summed E-state index contributed by atoms with van der Waals surface area (Å²) in [6, 6.07) is 13.0. The number of likely N-dealkylation sites (N-methyl/N-ethyl adjacent to an activating group) is 1. The highest BCUT2D eigenvalue weighted by Gasteiger charge is 2.53. The zero-order valence-electron chi connectivity index (χ0n) is 16.8. The number of pyridine rings is 1. The minimum Gasteiger partial charge on any atom is -0.487 e. The van der Waals surface area contributed by atoms with E-state index in [0.29, 0.717) is 18.0 Å². The van der Waals surface area contributed by atoms with Gasteiger partial charge < -0.3 is 10.1 Å². The quantitative estimate of drug-likeness (QED) is 0.697. The van der Waals surface area contributed by atoms with Gasteiger partial charge in [-0.2, -0.15) is 0 Å². The van der Waals surface area contributed by atoms with E-state index >= 15 is 0 Å². The molecule has 0 bridgehead atoms.